The van der Waals surface area contributed by atoms with Gasteiger partial charge in [-0.15, -0.1) is 0 Å². The standard InChI is InChI=1S/C18H10F4N.C11H10N2.Ir/c1-10-7-15(12-8-14(19)17(21)18(22)16(12)20)23-9-13(10)11-5-3-2-4-6-11;1-2-4-10-9(3-1)5-7-13-8-6-12-11(10)13;/h2-7,9H,1H3;1-3,6,8,11H,5,7H2;/q-1;-2;+3. The van der Waals surface area contributed by atoms with Gasteiger partial charge >= 0.3 is 20.1 Å². The molecule has 0 N–H and O–H groups in total. The monoisotopic (exact) mass is 679 g/mol. The van der Waals surface area contributed by atoms with E-state index in [0.29, 0.717) is 0 Å². The number of benzene rings is 3. The summed E-state index contributed by atoms with van der Waals surface area (Å²) < 4.78 is 53.5. The van der Waals surface area contributed by atoms with E-state index in [2.05, 4.69) is 39.6 Å². The Kier molecular flexibility index (Phi) is 8.10. The topological polar surface area (TPSA) is 30.2 Å². The van der Waals surface area contributed by atoms with Crippen LogP contribution in [0, 0.1) is 42.3 Å². The van der Waals surface area contributed by atoms with Crippen LogP contribution >= 0.6 is 0 Å². The van der Waals surface area contributed by atoms with Crippen molar-refractivity contribution in [2.75, 3.05) is 6.54 Å². The van der Waals surface area contributed by atoms with Crippen molar-refractivity contribution < 1.29 is 37.7 Å². The molecule has 3 heterocycles. The summed E-state index contributed by atoms with van der Waals surface area (Å²) in [5, 5.41) is 4.41. The Bertz CT molecular complexity index is 1440. The molecule has 4 aromatic rings. The van der Waals surface area contributed by atoms with E-state index in [1.807, 2.05) is 48.7 Å². The molecule has 0 saturated heterocycles. The van der Waals surface area contributed by atoms with Crippen LogP contribution in [0.2, 0.25) is 0 Å². The number of pyridine rings is 1. The fourth-order valence-electron chi connectivity index (χ4n) is 4.31. The number of nitrogens with zero attached hydrogens (tertiary/aromatic N) is 3. The summed E-state index contributed by atoms with van der Waals surface area (Å²) >= 11 is 0. The molecule has 3 nitrogen and oxygen atoms in total. The Hall–Kier alpha value is -3.48. The SMILES string of the molecule is Cc1cc(-c2[c-]c(F)c(F)c(F)c2F)ncc1-c1ccccc1.[Ir+3].[c-]1cccc2c1C1[N-]C=CN1CC2. The molecular weight excluding hydrogens is 659 g/mol. The second-order valence-electron chi connectivity index (χ2n) is 8.42. The summed E-state index contributed by atoms with van der Waals surface area (Å²) in [4.78, 5) is 6.29. The molecule has 1 atom stereocenters. The smallest absolute Gasteiger partial charge is 0.668 e. The van der Waals surface area contributed by atoms with Crippen molar-refractivity contribution in [3.63, 3.8) is 0 Å². The molecule has 0 amide bonds. The first-order chi connectivity index (χ1) is 17.4. The van der Waals surface area contributed by atoms with Crippen molar-refractivity contribution in [2.24, 2.45) is 0 Å². The minimum Gasteiger partial charge on any atom is -0.668 e. The van der Waals surface area contributed by atoms with Crippen LogP contribution in [-0.2, 0) is 26.5 Å². The summed E-state index contributed by atoms with van der Waals surface area (Å²) in [5.74, 6) is -6.85. The van der Waals surface area contributed by atoms with Crippen molar-refractivity contribution in [3.05, 3.63) is 131 Å². The molecule has 0 saturated carbocycles. The van der Waals surface area contributed by atoms with Gasteiger partial charge in [0.15, 0.2) is 0 Å². The van der Waals surface area contributed by atoms with Gasteiger partial charge in [0.1, 0.15) is 11.6 Å². The van der Waals surface area contributed by atoms with Crippen LogP contribution in [0.3, 0.4) is 0 Å². The molecular formula is C29H20F4IrN3. The Morgan fingerprint density at radius 2 is 1.78 bits per heavy atom. The van der Waals surface area contributed by atoms with Crippen molar-refractivity contribution in [1.82, 2.24) is 9.88 Å². The first-order valence-electron chi connectivity index (χ1n) is 11.3. The van der Waals surface area contributed by atoms with Gasteiger partial charge in [-0.2, -0.15) is 41.6 Å². The first kappa shape index (κ1) is 26.6. The van der Waals surface area contributed by atoms with Gasteiger partial charge < -0.3 is 15.2 Å². The Morgan fingerprint density at radius 3 is 2.54 bits per heavy atom. The van der Waals surface area contributed by atoms with Crippen molar-refractivity contribution in [1.29, 1.82) is 0 Å². The van der Waals surface area contributed by atoms with Gasteiger partial charge in [-0.1, -0.05) is 54.4 Å². The molecule has 1 unspecified atom stereocenters. The molecule has 2 aliphatic rings. The number of aromatic nitrogens is 1. The minimum absolute atomic E-state index is 0. The fourth-order valence-corrected chi connectivity index (χ4v) is 4.31. The van der Waals surface area contributed by atoms with Crippen LogP contribution in [-0.4, -0.2) is 16.4 Å². The molecule has 1 aromatic heterocycles. The number of halogens is 4. The number of fused-ring (bicyclic) bond motifs is 3. The molecule has 0 spiro atoms. The van der Waals surface area contributed by atoms with E-state index in [9.17, 15) is 17.6 Å². The van der Waals surface area contributed by atoms with Gasteiger partial charge in [0.2, 0.25) is 0 Å². The van der Waals surface area contributed by atoms with E-state index >= 15 is 0 Å². The predicted octanol–water partition coefficient (Wildman–Crippen LogP) is 7.28. The van der Waals surface area contributed by atoms with Crippen LogP contribution in [0.25, 0.3) is 27.7 Å². The van der Waals surface area contributed by atoms with Gasteiger partial charge in [-0.3, -0.25) is 8.78 Å². The number of hydrogen-bond acceptors (Lipinski definition) is 2. The van der Waals surface area contributed by atoms with Crippen LogP contribution in [0.1, 0.15) is 22.9 Å². The van der Waals surface area contributed by atoms with Crippen molar-refractivity contribution in [3.8, 4) is 22.4 Å². The fraction of sp³-hybridized carbons (Fsp3) is 0.138. The number of aryl methyl sites for hydroxylation is 1. The maximum Gasteiger partial charge on any atom is 3.00 e. The molecule has 6 rings (SSSR count). The average Bonchev–Trinajstić information content (AvgIpc) is 3.40. The summed E-state index contributed by atoms with van der Waals surface area (Å²) in [6, 6.07) is 22.2. The zero-order valence-corrected chi connectivity index (χ0v) is 22.0. The van der Waals surface area contributed by atoms with Crippen molar-refractivity contribution >= 4 is 0 Å². The van der Waals surface area contributed by atoms with Gasteiger partial charge in [0.05, 0.1) is 11.6 Å². The van der Waals surface area contributed by atoms with Crippen LogP contribution < -0.4 is 0 Å². The third kappa shape index (κ3) is 5.31. The molecule has 37 heavy (non-hydrogen) atoms. The average molecular weight is 679 g/mol. The second kappa shape index (κ2) is 11.3. The molecule has 0 radical (unpaired) electrons. The normalized spacial score (nSPS) is 15.1. The molecule has 2 aliphatic heterocycles. The third-order valence-corrected chi connectivity index (χ3v) is 6.16. The van der Waals surface area contributed by atoms with Crippen LogP contribution in [0.4, 0.5) is 17.6 Å². The van der Waals surface area contributed by atoms with E-state index in [1.165, 1.54) is 23.4 Å². The van der Waals surface area contributed by atoms with Gasteiger partial charge in [0, 0.05) is 18.3 Å². The molecule has 0 aliphatic carbocycles. The zero-order valence-electron chi connectivity index (χ0n) is 19.6. The Balaban J connectivity index is 0.000000193. The maximum atomic E-state index is 13.8. The molecule has 188 valence electrons. The number of hydrogen-bond donors (Lipinski definition) is 0. The Labute approximate surface area is 226 Å². The van der Waals surface area contributed by atoms with E-state index in [4.69, 9.17) is 0 Å². The van der Waals surface area contributed by atoms with Gasteiger partial charge in [0.25, 0.3) is 0 Å². The predicted molar refractivity (Wildman–Crippen MR) is 129 cm³/mol. The first-order valence-corrected chi connectivity index (χ1v) is 11.3. The molecule has 8 heteroatoms. The van der Waals surface area contributed by atoms with E-state index < -0.39 is 28.8 Å². The van der Waals surface area contributed by atoms with E-state index in [0.717, 1.165) is 29.7 Å². The van der Waals surface area contributed by atoms with Gasteiger partial charge in [-0.25, -0.2) is 8.78 Å². The maximum absolute atomic E-state index is 13.8. The van der Waals surface area contributed by atoms with Crippen LogP contribution in [0.5, 0.6) is 0 Å². The summed E-state index contributed by atoms with van der Waals surface area (Å²) in [7, 11) is 0. The third-order valence-electron chi connectivity index (χ3n) is 6.16. The zero-order chi connectivity index (χ0) is 25.2. The second-order valence-corrected chi connectivity index (χ2v) is 8.42. The van der Waals surface area contributed by atoms with Crippen molar-refractivity contribution in [2.45, 2.75) is 19.5 Å². The van der Waals surface area contributed by atoms with E-state index in [-0.39, 0.29) is 32.0 Å². The molecule has 0 fully saturated rings. The summed E-state index contributed by atoms with van der Waals surface area (Å²) in [6.45, 7) is 2.84. The summed E-state index contributed by atoms with van der Waals surface area (Å²) in [6.07, 6.45) is 6.76. The quantitative estimate of drug-likeness (QED) is 0.0966. The Morgan fingerprint density at radius 1 is 1.00 bits per heavy atom. The largest absolute Gasteiger partial charge is 3.00 e. The minimum atomic E-state index is -1.89. The molecule has 0 bridgehead atoms. The summed E-state index contributed by atoms with van der Waals surface area (Å²) in [5.41, 5.74) is 4.54. The van der Waals surface area contributed by atoms with Gasteiger partial charge in [-0.05, 0) is 36.1 Å². The van der Waals surface area contributed by atoms with Crippen LogP contribution in [0.15, 0.2) is 73.2 Å². The molecule has 3 aromatic carbocycles. The number of rotatable bonds is 2. The van der Waals surface area contributed by atoms with E-state index in [1.54, 1.807) is 6.92 Å².